The summed E-state index contributed by atoms with van der Waals surface area (Å²) in [6, 6.07) is 4.05. The Kier molecular flexibility index (Phi) is 4.07. The van der Waals surface area contributed by atoms with Gasteiger partial charge in [-0.15, -0.1) is 5.10 Å². The van der Waals surface area contributed by atoms with Crippen molar-refractivity contribution in [1.29, 1.82) is 0 Å². The highest BCUT2D eigenvalue weighted by atomic mass is 35.5. The van der Waals surface area contributed by atoms with Gasteiger partial charge in [-0.2, -0.15) is 4.98 Å². The third kappa shape index (κ3) is 3.35. The van der Waals surface area contributed by atoms with Crippen molar-refractivity contribution in [3.05, 3.63) is 23.4 Å². The lowest BCUT2D eigenvalue weighted by molar-refractivity contribution is 0.526. The summed E-state index contributed by atoms with van der Waals surface area (Å²) in [7, 11) is 0. The van der Waals surface area contributed by atoms with Crippen LogP contribution in [0, 0.1) is 5.92 Å². The van der Waals surface area contributed by atoms with Crippen molar-refractivity contribution < 1.29 is 0 Å². The van der Waals surface area contributed by atoms with Crippen LogP contribution < -0.4 is 5.32 Å². The fourth-order valence-corrected chi connectivity index (χ4v) is 1.95. The minimum absolute atomic E-state index is 0.375. The standard InChI is InChI=1S/C13H19ClN4/c1-9(2)4-5-10(3)15-13-16-12-7-6-11(14)8-18(12)17-13/h6-10H,4-5H2,1-3H3,(H,15,17). The van der Waals surface area contributed by atoms with Crippen molar-refractivity contribution in [2.75, 3.05) is 5.32 Å². The molecule has 0 radical (unpaired) electrons. The van der Waals surface area contributed by atoms with Gasteiger partial charge in [-0.25, -0.2) is 4.52 Å². The summed E-state index contributed by atoms with van der Waals surface area (Å²) in [4.78, 5) is 4.40. The van der Waals surface area contributed by atoms with Crippen LogP contribution in [0.15, 0.2) is 18.3 Å². The van der Waals surface area contributed by atoms with Gasteiger partial charge in [0.25, 0.3) is 0 Å². The van der Waals surface area contributed by atoms with Crippen LogP contribution in [0.5, 0.6) is 0 Å². The quantitative estimate of drug-likeness (QED) is 0.899. The van der Waals surface area contributed by atoms with E-state index in [0.29, 0.717) is 17.0 Å². The first-order valence-electron chi connectivity index (χ1n) is 6.33. The number of nitrogens with zero attached hydrogens (tertiary/aromatic N) is 3. The summed E-state index contributed by atoms with van der Waals surface area (Å²) in [5.74, 6) is 1.38. The minimum Gasteiger partial charge on any atom is -0.350 e. The second kappa shape index (κ2) is 5.57. The van der Waals surface area contributed by atoms with Gasteiger partial charge in [0, 0.05) is 12.2 Å². The fourth-order valence-electron chi connectivity index (χ4n) is 1.80. The smallest absolute Gasteiger partial charge is 0.243 e. The second-order valence-electron chi connectivity index (χ2n) is 5.10. The van der Waals surface area contributed by atoms with Gasteiger partial charge in [0.2, 0.25) is 5.95 Å². The molecule has 5 heteroatoms. The van der Waals surface area contributed by atoms with Gasteiger partial charge < -0.3 is 5.32 Å². The molecule has 0 amide bonds. The molecule has 0 fully saturated rings. The van der Waals surface area contributed by atoms with E-state index in [1.807, 2.05) is 12.1 Å². The molecule has 0 saturated heterocycles. The molecule has 1 atom stereocenters. The molecule has 2 aromatic heterocycles. The van der Waals surface area contributed by atoms with E-state index in [9.17, 15) is 0 Å². The maximum Gasteiger partial charge on any atom is 0.243 e. The molecule has 1 N–H and O–H groups in total. The first-order valence-corrected chi connectivity index (χ1v) is 6.71. The van der Waals surface area contributed by atoms with Gasteiger partial charge in [0.15, 0.2) is 5.65 Å². The van der Waals surface area contributed by atoms with Crippen molar-refractivity contribution in [2.24, 2.45) is 5.92 Å². The Balaban J connectivity index is 2.03. The highest BCUT2D eigenvalue weighted by molar-refractivity contribution is 6.30. The van der Waals surface area contributed by atoms with E-state index in [1.165, 1.54) is 6.42 Å². The fraction of sp³-hybridized carbons (Fsp3) is 0.538. The average molecular weight is 267 g/mol. The zero-order chi connectivity index (χ0) is 13.1. The van der Waals surface area contributed by atoms with Gasteiger partial charge in [-0.1, -0.05) is 25.4 Å². The van der Waals surface area contributed by atoms with Gasteiger partial charge in [-0.05, 0) is 37.8 Å². The molecule has 4 nitrogen and oxygen atoms in total. The molecule has 2 rings (SSSR count). The SMILES string of the molecule is CC(C)CCC(C)Nc1nc2ccc(Cl)cn2n1. The van der Waals surface area contributed by atoms with Crippen LogP contribution in [0.25, 0.3) is 5.65 Å². The van der Waals surface area contributed by atoms with E-state index < -0.39 is 0 Å². The van der Waals surface area contributed by atoms with Gasteiger partial charge in [0.1, 0.15) is 0 Å². The topological polar surface area (TPSA) is 42.2 Å². The number of halogens is 1. The lowest BCUT2D eigenvalue weighted by Crippen LogP contribution is -2.16. The largest absolute Gasteiger partial charge is 0.350 e. The monoisotopic (exact) mass is 266 g/mol. The number of anilines is 1. The molecule has 18 heavy (non-hydrogen) atoms. The molecule has 2 heterocycles. The molecule has 0 spiro atoms. The summed E-state index contributed by atoms with van der Waals surface area (Å²) in [5, 5.41) is 8.33. The zero-order valence-corrected chi connectivity index (χ0v) is 11.8. The molecular weight excluding hydrogens is 248 g/mol. The Labute approximate surface area is 112 Å². The molecule has 0 aliphatic rings. The van der Waals surface area contributed by atoms with E-state index in [1.54, 1.807) is 10.7 Å². The maximum atomic E-state index is 5.91. The van der Waals surface area contributed by atoms with Gasteiger partial charge in [-0.3, -0.25) is 0 Å². The minimum atomic E-state index is 0.375. The van der Waals surface area contributed by atoms with E-state index in [-0.39, 0.29) is 0 Å². The Hall–Kier alpha value is -1.29. The predicted octanol–water partition coefficient (Wildman–Crippen LogP) is 3.62. The average Bonchev–Trinajstić information content (AvgIpc) is 2.67. The lowest BCUT2D eigenvalue weighted by Gasteiger charge is -2.13. The van der Waals surface area contributed by atoms with Gasteiger partial charge >= 0.3 is 0 Å². The molecule has 98 valence electrons. The van der Waals surface area contributed by atoms with Crippen LogP contribution in [0.2, 0.25) is 5.02 Å². The first kappa shape index (κ1) is 13.1. The highest BCUT2D eigenvalue weighted by Crippen LogP contribution is 2.13. The van der Waals surface area contributed by atoms with E-state index in [0.717, 1.165) is 18.0 Å². The Morgan fingerprint density at radius 3 is 2.78 bits per heavy atom. The van der Waals surface area contributed by atoms with Crippen LogP contribution >= 0.6 is 11.6 Å². The van der Waals surface area contributed by atoms with Crippen LogP contribution in [0.1, 0.15) is 33.6 Å². The summed E-state index contributed by atoms with van der Waals surface area (Å²) >= 11 is 5.91. The first-order chi connectivity index (χ1) is 8.54. The summed E-state index contributed by atoms with van der Waals surface area (Å²) in [6.45, 7) is 6.62. The Bertz CT molecular complexity index is 521. The summed E-state index contributed by atoms with van der Waals surface area (Å²) in [6.07, 6.45) is 4.08. The highest BCUT2D eigenvalue weighted by Gasteiger charge is 2.08. The van der Waals surface area contributed by atoms with Crippen LogP contribution in [0.4, 0.5) is 5.95 Å². The number of aromatic nitrogens is 3. The van der Waals surface area contributed by atoms with Crippen LogP contribution in [-0.2, 0) is 0 Å². The van der Waals surface area contributed by atoms with Crippen LogP contribution in [0.3, 0.4) is 0 Å². The predicted molar refractivity (Wildman–Crippen MR) is 75.2 cm³/mol. The lowest BCUT2D eigenvalue weighted by atomic mass is 10.0. The molecular formula is C13H19ClN4. The second-order valence-corrected chi connectivity index (χ2v) is 5.54. The number of fused-ring (bicyclic) bond motifs is 1. The van der Waals surface area contributed by atoms with Crippen molar-refractivity contribution in [3.63, 3.8) is 0 Å². The van der Waals surface area contributed by atoms with Gasteiger partial charge in [0.05, 0.1) is 5.02 Å². The van der Waals surface area contributed by atoms with Crippen LogP contribution in [-0.4, -0.2) is 20.6 Å². The van der Waals surface area contributed by atoms with Crippen molar-refractivity contribution >= 4 is 23.2 Å². The van der Waals surface area contributed by atoms with Crippen molar-refractivity contribution in [3.8, 4) is 0 Å². The molecule has 1 unspecified atom stereocenters. The van der Waals surface area contributed by atoms with E-state index >= 15 is 0 Å². The molecule has 0 aliphatic heterocycles. The molecule has 0 aromatic carbocycles. The summed E-state index contributed by atoms with van der Waals surface area (Å²) in [5.41, 5.74) is 0.804. The molecule has 2 aromatic rings. The van der Waals surface area contributed by atoms with Crippen molar-refractivity contribution in [2.45, 2.75) is 39.7 Å². The molecule has 0 bridgehead atoms. The Morgan fingerprint density at radius 2 is 2.06 bits per heavy atom. The number of nitrogens with one attached hydrogen (secondary N) is 1. The normalized spacial score (nSPS) is 13.2. The zero-order valence-electron chi connectivity index (χ0n) is 11.0. The number of pyridine rings is 1. The third-order valence-electron chi connectivity index (χ3n) is 2.85. The number of rotatable bonds is 5. The Morgan fingerprint density at radius 1 is 1.28 bits per heavy atom. The maximum absolute atomic E-state index is 5.91. The number of hydrogen-bond acceptors (Lipinski definition) is 3. The van der Waals surface area contributed by atoms with Crippen molar-refractivity contribution in [1.82, 2.24) is 14.6 Å². The molecule has 0 saturated carbocycles. The van der Waals surface area contributed by atoms with E-state index in [2.05, 4.69) is 36.2 Å². The third-order valence-corrected chi connectivity index (χ3v) is 3.07. The van der Waals surface area contributed by atoms with E-state index in [4.69, 9.17) is 11.6 Å². The summed E-state index contributed by atoms with van der Waals surface area (Å²) < 4.78 is 1.69. The number of hydrogen-bond donors (Lipinski definition) is 1. The molecule has 0 aliphatic carbocycles.